The van der Waals surface area contributed by atoms with E-state index in [-0.39, 0.29) is 5.82 Å². The standard InChI is InChI=1S/C12H11BrFNOS/c1-7-9(4-5-16-7)17-10-3-2-8(6-15)11(13)12(10)14/h2-5H,6,15H2,1H3. The Morgan fingerprint density at radius 2 is 2.12 bits per heavy atom. The number of nitrogens with two attached hydrogens (primary N) is 1. The number of furan rings is 1. The molecule has 2 nitrogen and oxygen atoms in total. The van der Waals surface area contributed by atoms with Crippen LogP contribution in [0.25, 0.3) is 0 Å². The van der Waals surface area contributed by atoms with Crippen molar-refractivity contribution >= 4 is 27.7 Å². The van der Waals surface area contributed by atoms with E-state index in [1.54, 1.807) is 12.3 Å². The summed E-state index contributed by atoms with van der Waals surface area (Å²) in [5.41, 5.74) is 6.27. The van der Waals surface area contributed by atoms with Crippen molar-refractivity contribution in [1.29, 1.82) is 0 Å². The predicted octanol–water partition coefficient (Wildman–Crippen LogP) is 4.10. The average Bonchev–Trinajstić information content (AvgIpc) is 2.71. The van der Waals surface area contributed by atoms with Crippen LogP contribution in [0.2, 0.25) is 0 Å². The van der Waals surface area contributed by atoms with Gasteiger partial charge in [-0.15, -0.1) is 0 Å². The van der Waals surface area contributed by atoms with E-state index in [1.165, 1.54) is 11.8 Å². The lowest BCUT2D eigenvalue weighted by Crippen LogP contribution is -1.99. The SMILES string of the molecule is Cc1occc1Sc1ccc(CN)c(Br)c1F. The molecule has 0 aliphatic carbocycles. The maximum atomic E-state index is 14.0. The van der Waals surface area contributed by atoms with Gasteiger partial charge in [0.1, 0.15) is 5.76 Å². The fraction of sp³-hybridized carbons (Fsp3) is 0.167. The first kappa shape index (κ1) is 12.7. The fourth-order valence-electron chi connectivity index (χ4n) is 1.41. The third-order valence-electron chi connectivity index (χ3n) is 2.38. The molecule has 0 fully saturated rings. The molecule has 0 aliphatic rings. The monoisotopic (exact) mass is 315 g/mol. The van der Waals surface area contributed by atoms with Crippen molar-refractivity contribution in [2.75, 3.05) is 0 Å². The van der Waals surface area contributed by atoms with E-state index in [9.17, 15) is 4.39 Å². The molecule has 0 unspecified atom stereocenters. The van der Waals surface area contributed by atoms with Crippen LogP contribution >= 0.6 is 27.7 Å². The minimum atomic E-state index is -0.279. The van der Waals surface area contributed by atoms with E-state index in [0.29, 0.717) is 15.9 Å². The molecule has 0 aliphatic heterocycles. The molecule has 0 saturated carbocycles. The Morgan fingerprint density at radius 3 is 2.71 bits per heavy atom. The Hall–Kier alpha value is -0.780. The van der Waals surface area contributed by atoms with Crippen LogP contribution in [0.3, 0.4) is 0 Å². The molecular weight excluding hydrogens is 305 g/mol. The Balaban J connectivity index is 2.35. The lowest BCUT2D eigenvalue weighted by atomic mass is 10.2. The highest BCUT2D eigenvalue weighted by Gasteiger charge is 2.13. The molecule has 0 saturated heterocycles. The second-order valence-corrected chi connectivity index (χ2v) is 5.37. The highest BCUT2D eigenvalue weighted by molar-refractivity contribution is 9.10. The van der Waals surface area contributed by atoms with Gasteiger partial charge in [-0.2, -0.15) is 0 Å². The molecule has 0 radical (unpaired) electrons. The fourth-order valence-corrected chi connectivity index (χ4v) is 2.92. The van der Waals surface area contributed by atoms with Crippen molar-refractivity contribution in [3.63, 3.8) is 0 Å². The van der Waals surface area contributed by atoms with Gasteiger partial charge in [0.25, 0.3) is 0 Å². The summed E-state index contributed by atoms with van der Waals surface area (Å²) in [5, 5.41) is 0. The van der Waals surface area contributed by atoms with Crippen molar-refractivity contribution in [1.82, 2.24) is 0 Å². The summed E-state index contributed by atoms with van der Waals surface area (Å²) in [4.78, 5) is 1.47. The third kappa shape index (κ3) is 2.56. The first-order valence-electron chi connectivity index (χ1n) is 5.02. The van der Waals surface area contributed by atoms with Crippen LogP contribution in [0.5, 0.6) is 0 Å². The second kappa shape index (κ2) is 5.25. The van der Waals surface area contributed by atoms with E-state index in [1.807, 2.05) is 19.1 Å². The van der Waals surface area contributed by atoms with Gasteiger partial charge in [-0.05, 0) is 40.5 Å². The van der Waals surface area contributed by atoms with Gasteiger partial charge in [0, 0.05) is 11.4 Å². The van der Waals surface area contributed by atoms with E-state index in [0.717, 1.165) is 16.2 Å². The molecule has 0 spiro atoms. The molecule has 90 valence electrons. The van der Waals surface area contributed by atoms with Gasteiger partial charge in [-0.25, -0.2) is 4.39 Å². The maximum absolute atomic E-state index is 14.0. The normalized spacial score (nSPS) is 10.8. The Bertz CT molecular complexity index is 541. The molecule has 2 N–H and O–H groups in total. The maximum Gasteiger partial charge on any atom is 0.151 e. The lowest BCUT2D eigenvalue weighted by molar-refractivity contribution is 0.526. The zero-order chi connectivity index (χ0) is 12.4. The smallest absolute Gasteiger partial charge is 0.151 e. The number of aryl methyl sites for hydroxylation is 1. The van der Waals surface area contributed by atoms with Gasteiger partial charge >= 0.3 is 0 Å². The van der Waals surface area contributed by atoms with Crippen LogP contribution in [0.15, 0.2) is 43.1 Å². The third-order valence-corrected chi connectivity index (χ3v) is 4.41. The summed E-state index contributed by atoms with van der Waals surface area (Å²) < 4.78 is 19.6. The van der Waals surface area contributed by atoms with Crippen LogP contribution in [0.1, 0.15) is 11.3 Å². The van der Waals surface area contributed by atoms with Crippen molar-refractivity contribution in [3.05, 3.63) is 46.1 Å². The highest BCUT2D eigenvalue weighted by atomic mass is 79.9. The largest absolute Gasteiger partial charge is 0.468 e. The van der Waals surface area contributed by atoms with Crippen LogP contribution in [0.4, 0.5) is 4.39 Å². The van der Waals surface area contributed by atoms with Gasteiger partial charge in [-0.1, -0.05) is 17.8 Å². The van der Waals surface area contributed by atoms with Crippen molar-refractivity contribution in [2.24, 2.45) is 5.73 Å². The summed E-state index contributed by atoms with van der Waals surface area (Å²) >= 11 is 4.56. The first-order valence-corrected chi connectivity index (χ1v) is 6.63. The van der Waals surface area contributed by atoms with Gasteiger partial charge in [0.15, 0.2) is 5.82 Å². The van der Waals surface area contributed by atoms with Crippen LogP contribution in [-0.2, 0) is 6.54 Å². The van der Waals surface area contributed by atoms with Gasteiger partial charge < -0.3 is 10.2 Å². The van der Waals surface area contributed by atoms with Crippen LogP contribution < -0.4 is 5.73 Å². The molecule has 0 bridgehead atoms. The summed E-state index contributed by atoms with van der Waals surface area (Å²) in [6.07, 6.45) is 1.60. The highest BCUT2D eigenvalue weighted by Crippen LogP contribution is 2.36. The molecular formula is C12H11BrFNOS. The minimum Gasteiger partial charge on any atom is -0.468 e. The quantitative estimate of drug-likeness (QED) is 0.926. The molecule has 1 aromatic heterocycles. The van der Waals surface area contributed by atoms with Crippen LogP contribution in [0, 0.1) is 12.7 Å². The Morgan fingerprint density at radius 1 is 1.35 bits per heavy atom. The van der Waals surface area contributed by atoms with Crippen molar-refractivity contribution < 1.29 is 8.81 Å². The van der Waals surface area contributed by atoms with Crippen molar-refractivity contribution in [2.45, 2.75) is 23.3 Å². The molecule has 5 heteroatoms. The second-order valence-electron chi connectivity index (χ2n) is 3.50. The van der Waals surface area contributed by atoms with E-state index >= 15 is 0 Å². The number of hydrogen-bond donors (Lipinski definition) is 1. The zero-order valence-electron chi connectivity index (χ0n) is 9.17. The molecule has 2 rings (SSSR count). The number of benzene rings is 1. The molecule has 1 heterocycles. The topological polar surface area (TPSA) is 39.2 Å². The number of halogens is 2. The Kier molecular flexibility index (Phi) is 3.91. The minimum absolute atomic E-state index is 0.279. The van der Waals surface area contributed by atoms with Gasteiger partial charge in [-0.3, -0.25) is 0 Å². The van der Waals surface area contributed by atoms with Gasteiger partial charge in [0.05, 0.1) is 15.6 Å². The van der Waals surface area contributed by atoms with E-state index in [4.69, 9.17) is 10.2 Å². The molecule has 0 amide bonds. The molecule has 1 aromatic carbocycles. The van der Waals surface area contributed by atoms with E-state index < -0.39 is 0 Å². The van der Waals surface area contributed by atoms with Crippen LogP contribution in [-0.4, -0.2) is 0 Å². The summed E-state index contributed by atoms with van der Waals surface area (Å²) in [6.45, 7) is 2.16. The first-order chi connectivity index (χ1) is 8.13. The van der Waals surface area contributed by atoms with Crippen molar-refractivity contribution in [3.8, 4) is 0 Å². The number of hydrogen-bond acceptors (Lipinski definition) is 3. The molecule has 17 heavy (non-hydrogen) atoms. The average molecular weight is 316 g/mol. The number of rotatable bonds is 3. The summed E-state index contributed by atoms with van der Waals surface area (Å²) in [6, 6.07) is 5.38. The lowest BCUT2D eigenvalue weighted by Gasteiger charge is -2.07. The Labute approximate surface area is 112 Å². The summed E-state index contributed by atoms with van der Waals surface area (Å²) in [5.74, 6) is 0.506. The zero-order valence-corrected chi connectivity index (χ0v) is 11.6. The molecule has 0 atom stereocenters. The molecule has 2 aromatic rings. The predicted molar refractivity (Wildman–Crippen MR) is 69.6 cm³/mol. The van der Waals surface area contributed by atoms with E-state index in [2.05, 4.69) is 15.9 Å². The van der Waals surface area contributed by atoms with Gasteiger partial charge in [0.2, 0.25) is 0 Å². The summed E-state index contributed by atoms with van der Waals surface area (Å²) in [7, 11) is 0.